The predicted octanol–water partition coefficient (Wildman–Crippen LogP) is 1.67. The number of hydrogen-bond donors (Lipinski definition) is 1. The minimum Gasteiger partial charge on any atom is -0.368 e. The molecule has 9 heteroatoms. The number of amides is 1. The van der Waals surface area contributed by atoms with E-state index in [1.165, 1.54) is 27.8 Å². The first-order valence-electron chi connectivity index (χ1n) is 9.01. The smallest absolute Gasteiger partial charge is 0.267 e. The zero-order chi connectivity index (χ0) is 19.3. The second-order valence-electron chi connectivity index (χ2n) is 6.38. The zero-order valence-corrected chi connectivity index (χ0v) is 16.0. The lowest BCUT2D eigenvalue weighted by atomic mass is 10.2. The van der Waals surface area contributed by atoms with Crippen LogP contribution in [0.1, 0.15) is 0 Å². The van der Waals surface area contributed by atoms with Gasteiger partial charge >= 0.3 is 0 Å². The maximum absolute atomic E-state index is 12.2. The number of nitrogens with one attached hydrogen (secondary N) is 1. The Kier molecular flexibility index (Phi) is 5.34. The van der Waals surface area contributed by atoms with Crippen LogP contribution in [0.2, 0.25) is 0 Å². The molecule has 1 aliphatic rings. The van der Waals surface area contributed by atoms with E-state index in [2.05, 4.69) is 37.3 Å². The molecule has 3 aromatic rings. The number of anilines is 3. The number of nitrogens with zero attached hydrogens (tertiary/aromatic N) is 5. The fraction of sp³-hybridized carbons (Fsp3) is 0.263. The van der Waals surface area contributed by atoms with Crippen molar-refractivity contribution < 1.29 is 4.79 Å². The van der Waals surface area contributed by atoms with Gasteiger partial charge in [0.2, 0.25) is 5.91 Å². The van der Waals surface area contributed by atoms with Gasteiger partial charge < -0.3 is 15.1 Å². The highest BCUT2D eigenvalue weighted by atomic mass is 32.1. The van der Waals surface area contributed by atoms with Crippen molar-refractivity contribution in [1.29, 1.82) is 0 Å². The topological polar surface area (TPSA) is 83.4 Å². The van der Waals surface area contributed by atoms with E-state index >= 15 is 0 Å². The van der Waals surface area contributed by atoms with Gasteiger partial charge in [0.1, 0.15) is 12.4 Å². The van der Waals surface area contributed by atoms with Crippen LogP contribution >= 0.6 is 11.3 Å². The van der Waals surface area contributed by atoms with E-state index in [4.69, 9.17) is 0 Å². The largest absolute Gasteiger partial charge is 0.368 e. The van der Waals surface area contributed by atoms with Crippen molar-refractivity contribution in [1.82, 2.24) is 14.8 Å². The first-order valence-corrected chi connectivity index (χ1v) is 9.89. The van der Waals surface area contributed by atoms with Crippen molar-refractivity contribution in [2.24, 2.45) is 0 Å². The molecule has 0 saturated carbocycles. The van der Waals surface area contributed by atoms with Crippen molar-refractivity contribution in [3.05, 3.63) is 64.4 Å². The average Bonchev–Trinajstić information content (AvgIpc) is 3.23. The van der Waals surface area contributed by atoms with Crippen LogP contribution in [0.15, 0.2) is 58.8 Å². The highest BCUT2D eigenvalue weighted by molar-refractivity contribution is 7.13. The molecule has 1 amide bonds. The number of aromatic nitrogens is 3. The van der Waals surface area contributed by atoms with Crippen LogP contribution in [-0.2, 0) is 11.3 Å². The third-order valence-corrected chi connectivity index (χ3v) is 5.24. The Balaban J connectivity index is 1.41. The molecule has 0 spiro atoms. The Labute approximate surface area is 166 Å². The monoisotopic (exact) mass is 396 g/mol. The number of hydrogen-bond acceptors (Lipinski definition) is 7. The van der Waals surface area contributed by atoms with Gasteiger partial charge in [-0.2, -0.15) is 5.10 Å². The Bertz CT molecular complexity index is 981. The summed E-state index contributed by atoms with van der Waals surface area (Å²) in [7, 11) is 0. The quantitative estimate of drug-likeness (QED) is 0.706. The number of carbonyl (C=O) groups is 1. The Morgan fingerprint density at radius 3 is 2.50 bits per heavy atom. The number of rotatable bonds is 5. The normalized spacial score (nSPS) is 14.1. The average molecular weight is 396 g/mol. The van der Waals surface area contributed by atoms with Gasteiger partial charge in [-0.25, -0.2) is 9.67 Å². The molecular weight excluding hydrogens is 376 g/mol. The Morgan fingerprint density at radius 1 is 1.04 bits per heavy atom. The first-order chi connectivity index (χ1) is 13.7. The third-order valence-electron chi connectivity index (χ3n) is 4.55. The molecule has 0 aliphatic carbocycles. The van der Waals surface area contributed by atoms with E-state index in [9.17, 15) is 9.59 Å². The lowest BCUT2D eigenvalue weighted by Crippen LogP contribution is -2.47. The van der Waals surface area contributed by atoms with Crippen LogP contribution in [0.5, 0.6) is 0 Å². The summed E-state index contributed by atoms with van der Waals surface area (Å²) in [6.07, 6.45) is 1.61. The second-order valence-corrected chi connectivity index (χ2v) is 7.28. The van der Waals surface area contributed by atoms with Crippen molar-refractivity contribution in [3.8, 4) is 0 Å². The van der Waals surface area contributed by atoms with E-state index in [-0.39, 0.29) is 18.0 Å². The Hall–Kier alpha value is -3.20. The molecule has 1 aromatic carbocycles. The molecule has 1 saturated heterocycles. The van der Waals surface area contributed by atoms with Crippen LogP contribution in [0.25, 0.3) is 0 Å². The molecule has 8 nitrogen and oxygen atoms in total. The van der Waals surface area contributed by atoms with E-state index < -0.39 is 0 Å². The van der Waals surface area contributed by atoms with Crippen LogP contribution in [0.3, 0.4) is 0 Å². The molecule has 3 heterocycles. The van der Waals surface area contributed by atoms with Crippen molar-refractivity contribution in [3.63, 3.8) is 0 Å². The van der Waals surface area contributed by atoms with Gasteiger partial charge in [0.25, 0.3) is 5.56 Å². The molecule has 1 N–H and O–H groups in total. The fourth-order valence-corrected chi connectivity index (χ4v) is 3.68. The van der Waals surface area contributed by atoms with Gasteiger partial charge in [0.15, 0.2) is 5.13 Å². The Morgan fingerprint density at radius 2 is 1.79 bits per heavy atom. The number of benzene rings is 1. The predicted molar refractivity (Wildman–Crippen MR) is 110 cm³/mol. The van der Waals surface area contributed by atoms with Crippen LogP contribution in [0, 0.1) is 0 Å². The van der Waals surface area contributed by atoms with Crippen LogP contribution < -0.4 is 20.7 Å². The number of carbonyl (C=O) groups excluding carboxylic acids is 1. The highest BCUT2D eigenvalue weighted by Crippen LogP contribution is 2.18. The summed E-state index contributed by atoms with van der Waals surface area (Å²) in [5, 5.41) is 9.35. The summed E-state index contributed by atoms with van der Waals surface area (Å²) in [6, 6.07) is 13.5. The van der Waals surface area contributed by atoms with E-state index in [1.54, 1.807) is 17.6 Å². The molecule has 28 heavy (non-hydrogen) atoms. The summed E-state index contributed by atoms with van der Waals surface area (Å²) >= 11 is 1.33. The van der Waals surface area contributed by atoms with Gasteiger partial charge in [0, 0.05) is 49.5 Å². The van der Waals surface area contributed by atoms with Gasteiger partial charge in [-0.05, 0) is 18.2 Å². The van der Waals surface area contributed by atoms with Gasteiger partial charge in [0.05, 0.1) is 0 Å². The van der Waals surface area contributed by atoms with Crippen molar-refractivity contribution >= 4 is 33.9 Å². The summed E-state index contributed by atoms with van der Waals surface area (Å²) in [4.78, 5) is 32.7. The molecule has 1 fully saturated rings. The summed E-state index contributed by atoms with van der Waals surface area (Å²) in [6.45, 7) is 3.19. The lowest BCUT2D eigenvalue weighted by molar-refractivity contribution is -0.117. The maximum atomic E-state index is 12.2. The lowest BCUT2D eigenvalue weighted by Gasteiger charge is -2.36. The molecule has 2 aromatic heterocycles. The number of piperazine rings is 1. The molecule has 0 radical (unpaired) electrons. The summed E-state index contributed by atoms with van der Waals surface area (Å²) in [5.74, 6) is 0.380. The van der Waals surface area contributed by atoms with Gasteiger partial charge in [-0.15, -0.1) is 11.3 Å². The van der Waals surface area contributed by atoms with E-state index in [1.807, 2.05) is 18.2 Å². The second kappa shape index (κ2) is 8.22. The third kappa shape index (κ3) is 4.20. The minimum atomic E-state index is -0.324. The molecule has 0 atom stereocenters. The van der Waals surface area contributed by atoms with Crippen LogP contribution in [-0.4, -0.2) is 46.9 Å². The number of thiazole rings is 1. The SMILES string of the molecule is O=C(Cn1nc(N2CCN(c3ccccc3)CC2)ccc1=O)Nc1nccs1. The molecule has 0 unspecified atom stereocenters. The van der Waals surface area contributed by atoms with Crippen molar-refractivity contribution in [2.45, 2.75) is 6.54 Å². The fourth-order valence-electron chi connectivity index (χ4n) is 3.13. The minimum absolute atomic E-state index is 0.143. The maximum Gasteiger partial charge on any atom is 0.267 e. The molecule has 144 valence electrons. The first kappa shape index (κ1) is 18.2. The number of para-hydroxylation sites is 1. The summed E-state index contributed by atoms with van der Waals surface area (Å²) < 4.78 is 1.20. The standard InChI is InChI=1S/C19H20N6O2S/c26-17(21-19-20-8-13-28-19)14-25-18(27)7-6-16(22-25)24-11-9-23(10-12-24)15-4-2-1-3-5-15/h1-8,13H,9-12,14H2,(H,20,21,26). The molecular formula is C19H20N6O2S. The van der Waals surface area contributed by atoms with Crippen molar-refractivity contribution in [2.75, 3.05) is 41.3 Å². The van der Waals surface area contributed by atoms with E-state index in [0.29, 0.717) is 10.9 Å². The highest BCUT2D eigenvalue weighted by Gasteiger charge is 2.19. The summed E-state index contributed by atoms with van der Waals surface area (Å²) in [5.41, 5.74) is 0.903. The zero-order valence-electron chi connectivity index (χ0n) is 15.2. The molecule has 0 bridgehead atoms. The van der Waals surface area contributed by atoms with Gasteiger partial charge in [-0.1, -0.05) is 18.2 Å². The molecule has 1 aliphatic heterocycles. The van der Waals surface area contributed by atoms with E-state index in [0.717, 1.165) is 26.2 Å². The van der Waals surface area contributed by atoms with Crippen LogP contribution in [0.4, 0.5) is 16.6 Å². The molecule has 4 rings (SSSR count). The van der Waals surface area contributed by atoms with Gasteiger partial charge in [-0.3, -0.25) is 9.59 Å².